The first-order valence-corrected chi connectivity index (χ1v) is 7.79. The summed E-state index contributed by atoms with van der Waals surface area (Å²) in [6.45, 7) is 4.30. The molecule has 0 aliphatic heterocycles. The lowest BCUT2D eigenvalue weighted by molar-refractivity contribution is 0.0996. The zero-order valence-corrected chi connectivity index (χ0v) is 13.6. The van der Waals surface area contributed by atoms with Crippen molar-refractivity contribution in [1.29, 1.82) is 0 Å². The Bertz CT molecular complexity index is 591. The highest BCUT2D eigenvalue weighted by Crippen LogP contribution is 2.27. The van der Waals surface area contributed by atoms with Gasteiger partial charge in [0.15, 0.2) is 0 Å². The monoisotopic (exact) mass is 337 g/mol. The standard InChI is InChI=1S/C15H16BrNOS/c1-10(2)11-5-4-6-12(9-11)17(3)15(18)14-13(16)7-8-19-14/h4-10H,1-3H3. The van der Waals surface area contributed by atoms with Gasteiger partial charge >= 0.3 is 0 Å². The minimum Gasteiger partial charge on any atom is -0.311 e. The molecule has 2 nitrogen and oxygen atoms in total. The van der Waals surface area contributed by atoms with Crippen LogP contribution in [0.5, 0.6) is 0 Å². The quantitative estimate of drug-likeness (QED) is 0.779. The van der Waals surface area contributed by atoms with E-state index in [0.29, 0.717) is 5.92 Å². The topological polar surface area (TPSA) is 20.3 Å². The molecule has 0 atom stereocenters. The summed E-state index contributed by atoms with van der Waals surface area (Å²) in [5.41, 5.74) is 2.17. The number of thiophene rings is 1. The SMILES string of the molecule is CC(C)c1cccc(N(C)C(=O)c2sccc2Br)c1. The summed E-state index contributed by atoms with van der Waals surface area (Å²) in [5, 5.41) is 1.91. The van der Waals surface area contributed by atoms with Crippen molar-refractivity contribution in [2.75, 3.05) is 11.9 Å². The van der Waals surface area contributed by atoms with E-state index in [1.807, 2.05) is 30.6 Å². The Balaban J connectivity index is 2.29. The maximum absolute atomic E-state index is 12.4. The summed E-state index contributed by atoms with van der Waals surface area (Å²) in [6, 6.07) is 10.0. The van der Waals surface area contributed by atoms with Crippen LogP contribution in [0, 0.1) is 0 Å². The van der Waals surface area contributed by atoms with Crippen LogP contribution in [0.1, 0.15) is 35.0 Å². The van der Waals surface area contributed by atoms with Crippen LogP contribution in [0.3, 0.4) is 0 Å². The Morgan fingerprint density at radius 3 is 2.63 bits per heavy atom. The van der Waals surface area contributed by atoms with E-state index < -0.39 is 0 Å². The highest BCUT2D eigenvalue weighted by atomic mass is 79.9. The van der Waals surface area contributed by atoms with Gasteiger partial charge in [0, 0.05) is 17.2 Å². The molecule has 0 fully saturated rings. The van der Waals surface area contributed by atoms with E-state index in [0.717, 1.165) is 15.0 Å². The molecular formula is C15H16BrNOS. The van der Waals surface area contributed by atoms with Crippen molar-refractivity contribution < 1.29 is 4.79 Å². The van der Waals surface area contributed by atoms with Gasteiger partial charge in [-0.2, -0.15) is 0 Å². The van der Waals surface area contributed by atoms with E-state index in [1.165, 1.54) is 16.9 Å². The molecule has 0 spiro atoms. The average Bonchev–Trinajstić information content (AvgIpc) is 2.83. The van der Waals surface area contributed by atoms with Crippen molar-refractivity contribution in [2.45, 2.75) is 19.8 Å². The van der Waals surface area contributed by atoms with Crippen molar-refractivity contribution in [3.63, 3.8) is 0 Å². The number of nitrogens with zero attached hydrogens (tertiary/aromatic N) is 1. The average molecular weight is 338 g/mol. The molecule has 100 valence electrons. The number of hydrogen-bond donors (Lipinski definition) is 0. The summed E-state index contributed by atoms with van der Waals surface area (Å²) in [7, 11) is 1.81. The lowest BCUT2D eigenvalue weighted by Gasteiger charge is -2.18. The number of benzene rings is 1. The van der Waals surface area contributed by atoms with Gasteiger partial charge in [0.2, 0.25) is 0 Å². The minimum atomic E-state index is 0.0165. The van der Waals surface area contributed by atoms with Crippen LogP contribution in [-0.4, -0.2) is 13.0 Å². The van der Waals surface area contributed by atoms with E-state index in [9.17, 15) is 4.79 Å². The van der Waals surface area contributed by atoms with Crippen molar-refractivity contribution in [1.82, 2.24) is 0 Å². The molecule has 4 heteroatoms. The van der Waals surface area contributed by atoms with E-state index in [-0.39, 0.29) is 5.91 Å². The second kappa shape index (κ2) is 5.88. The first-order valence-electron chi connectivity index (χ1n) is 6.11. The van der Waals surface area contributed by atoms with Crippen molar-refractivity contribution in [2.24, 2.45) is 0 Å². The van der Waals surface area contributed by atoms with Crippen molar-refractivity contribution in [3.8, 4) is 0 Å². The molecule has 0 saturated carbocycles. The van der Waals surface area contributed by atoms with Gasteiger partial charge < -0.3 is 4.90 Å². The van der Waals surface area contributed by atoms with Crippen molar-refractivity contribution in [3.05, 3.63) is 50.6 Å². The fraction of sp³-hybridized carbons (Fsp3) is 0.267. The second-order valence-corrected chi connectivity index (χ2v) is 6.48. The number of rotatable bonds is 3. The zero-order chi connectivity index (χ0) is 14.0. The first-order chi connectivity index (χ1) is 9.00. The molecule has 0 unspecified atom stereocenters. The predicted octanol–water partition coefficient (Wildman–Crippen LogP) is 4.91. The van der Waals surface area contributed by atoms with E-state index in [4.69, 9.17) is 0 Å². The lowest BCUT2D eigenvalue weighted by Crippen LogP contribution is -2.25. The van der Waals surface area contributed by atoms with E-state index in [1.54, 1.807) is 4.90 Å². The van der Waals surface area contributed by atoms with Gasteiger partial charge in [-0.15, -0.1) is 11.3 Å². The van der Waals surface area contributed by atoms with Crippen LogP contribution in [0.15, 0.2) is 40.2 Å². The maximum Gasteiger partial charge on any atom is 0.269 e. The fourth-order valence-corrected chi connectivity index (χ4v) is 3.32. The molecular weight excluding hydrogens is 322 g/mol. The summed E-state index contributed by atoms with van der Waals surface area (Å²) in [6.07, 6.45) is 0. The molecule has 0 N–H and O–H groups in total. The summed E-state index contributed by atoms with van der Waals surface area (Å²) in [4.78, 5) is 14.8. The van der Waals surface area contributed by atoms with E-state index >= 15 is 0 Å². The van der Waals surface area contributed by atoms with Crippen LogP contribution < -0.4 is 4.90 Å². The molecule has 0 aliphatic rings. The van der Waals surface area contributed by atoms with Gasteiger partial charge in [-0.25, -0.2) is 0 Å². The Hall–Kier alpha value is -1.13. The van der Waals surface area contributed by atoms with Gasteiger partial charge in [-0.1, -0.05) is 26.0 Å². The first kappa shape index (κ1) is 14.3. The summed E-state index contributed by atoms with van der Waals surface area (Å²) < 4.78 is 0.856. The van der Waals surface area contributed by atoms with Gasteiger partial charge in [-0.05, 0) is 51.0 Å². The van der Waals surface area contributed by atoms with Gasteiger partial charge in [0.25, 0.3) is 5.91 Å². The Labute approximate surface area is 126 Å². The molecule has 0 aliphatic carbocycles. The maximum atomic E-state index is 12.4. The third-order valence-corrected chi connectivity index (χ3v) is 4.87. The number of halogens is 1. The number of carbonyl (C=O) groups is 1. The molecule has 1 heterocycles. The molecule has 0 saturated heterocycles. The molecule has 1 aromatic heterocycles. The minimum absolute atomic E-state index is 0.0165. The Morgan fingerprint density at radius 2 is 2.05 bits per heavy atom. The smallest absolute Gasteiger partial charge is 0.269 e. The Morgan fingerprint density at radius 1 is 1.32 bits per heavy atom. The predicted molar refractivity (Wildman–Crippen MR) is 85.3 cm³/mol. The summed E-state index contributed by atoms with van der Waals surface area (Å²) >= 11 is 4.86. The fourth-order valence-electron chi connectivity index (χ4n) is 1.81. The number of amides is 1. The lowest BCUT2D eigenvalue weighted by atomic mass is 10.0. The third kappa shape index (κ3) is 3.07. The molecule has 0 radical (unpaired) electrons. The highest BCUT2D eigenvalue weighted by molar-refractivity contribution is 9.10. The van der Waals surface area contributed by atoms with Crippen LogP contribution in [0.25, 0.3) is 0 Å². The normalized spacial score (nSPS) is 10.8. The van der Waals surface area contributed by atoms with Crippen LogP contribution in [0.4, 0.5) is 5.69 Å². The van der Waals surface area contributed by atoms with Gasteiger partial charge in [0.1, 0.15) is 4.88 Å². The molecule has 0 bridgehead atoms. The Kier molecular flexibility index (Phi) is 4.42. The molecule has 19 heavy (non-hydrogen) atoms. The van der Waals surface area contributed by atoms with Crippen molar-refractivity contribution >= 4 is 38.9 Å². The number of anilines is 1. The highest BCUT2D eigenvalue weighted by Gasteiger charge is 2.17. The van der Waals surface area contributed by atoms with Crippen LogP contribution >= 0.6 is 27.3 Å². The molecule has 1 amide bonds. The molecule has 2 aromatic rings. The van der Waals surface area contributed by atoms with Crippen LogP contribution in [0.2, 0.25) is 0 Å². The number of carbonyl (C=O) groups excluding carboxylic acids is 1. The third-order valence-electron chi connectivity index (χ3n) is 3.04. The molecule has 1 aromatic carbocycles. The van der Waals surface area contributed by atoms with E-state index in [2.05, 4.69) is 41.9 Å². The number of hydrogen-bond acceptors (Lipinski definition) is 2. The molecule has 2 rings (SSSR count). The largest absolute Gasteiger partial charge is 0.311 e. The second-order valence-electron chi connectivity index (χ2n) is 4.71. The van der Waals surface area contributed by atoms with Gasteiger partial charge in [0.05, 0.1) is 0 Å². The zero-order valence-electron chi connectivity index (χ0n) is 11.2. The van der Waals surface area contributed by atoms with Crippen LogP contribution in [-0.2, 0) is 0 Å². The summed E-state index contributed by atoms with van der Waals surface area (Å²) in [5.74, 6) is 0.472. The van der Waals surface area contributed by atoms with Gasteiger partial charge in [-0.3, -0.25) is 4.79 Å².